The maximum absolute atomic E-state index is 12.7. The predicted molar refractivity (Wildman–Crippen MR) is 288 cm³/mol. The zero-order valence-corrected chi connectivity index (χ0v) is 47.5. The van der Waals surface area contributed by atoms with Crippen LogP contribution in [0.4, 0.5) is 0 Å². The van der Waals surface area contributed by atoms with E-state index in [-0.39, 0.29) is 115 Å². The number of carbonyl (C=O) groups excluding carboxylic acids is 6. The Morgan fingerprint density at radius 1 is 0.333 bits per heavy atom. The molecule has 0 radical (unpaired) electrons. The second-order valence-electron chi connectivity index (χ2n) is 15.9. The van der Waals surface area contributed by atoms with Crippen LogP contribution in [0, 0.1) is 17.8 Å². The van der Waals surface area contributed by atoms with Crippen molar-refractivity contribution < 1.29 is 85.6 Å². The molecule has 18 nitrogen and oxygen atoms in total. The summed E-state index contributed by atoms with van der Waals surface area (Å²) in [5.41, 5.74) is 0.997. The number of hydrogen-bond acceptors (Lipinski definition) is 23. The number of carbonyl (C=O) groups is 6. The van der Waals surface area contributed by atoms with Crippen LogP contribution in [-0.4, -0.2) is 212 Å². The molecule has 4 unspecified atom stereocenters. The molecule has 0 spiro atoms. The first-order valence-electron chi connectivity index (χ1n) is 23.9. The molecule has 0 saturated heterocycles. The summed E-state index contributed by atoms with van der Waals surface area (Å²) < 4.78 is 63.5. The average Bonchev–Trinajstić information content (AvgIpc) is 3.35. The van der Waals surface area contributed by atoms with E-state index in [0.29, 0.717) is 78.9 Å². The molecule has 0 aliphatic rings. The second-order valence-corrected chi connectivity index (χ2v) is 21.8. The topological polar surface area (TPSA) is 213 Å². The third-order valence-electron chi connectivity index (χ3n) is 8.83. The molecule has 0 N–H and O–H groups in total. The molecular weight excluding hydrogens is 1040 g/mol. The van der Waals surface area contributed by atoms with E-state index < -0.39 is 17.9 Å². The van der Waals surface area contributed by atoms with Crippen molar-refractivity contribution in [3.05, 3.63) is 36.5 Å². The first-order valence-corrected chi connectivity index (χ1v) is 29.6. The number of ether oxygens (including phenoxy) is 12. The van der Waals surface area contributed by atoms with Gasteiger partial charge in [0, 0.05) is 73.7 Å². The van der Waals surface area contributed by atoms with Crippen LogP contribution in [0.5, 0.6) is 0 Å². The minimum Gasteiger partial charge on any atom is -0.463 e. The van der Waals surface area contributed by atoms with Gasteiger partial charge in [-0.25, -0.2) is 14.4 Å². The van der Waals surface area contributed by atoms with Gasteiger partial charge in [0.25, 0.3) is 0 Å². The standard InChI is InChI=1S/C49H82O18S5/c1-37(2)44(50)62-22-16-56-10-13-59-19-25-65-47(53)40(7)32-68-28-29-70-35-43(36-71-34-42(9)49(55)67-27-21-61-15-12-58-18-24-64-46(52)39(5)6)72-31-30-69-33-41(8)48(54)66-26-20-60-14-11-57-17-23-63-45(51)38(3)4/h40-43H,1,3,5,10-36H2,2,4,6-9H3. The predicted octanol–water partition coefficient (Wildman–Crippen LogP) is 6.02. The zero-order valence-electron chi connectivity index (χ0n) is 43.4. The maximum atomic E-state index is 12.7. The van der Waals surface area contributed by atoms with E-state index in [1.165, 1.54) is 0 Å². The van der Waals surface area contributed by atoms with Gasteiger partial charge in [0.15, 0.2) is 0 Å². The van der Waals surface area contributed by atoms with Crippen molar-refractivity contribution in [2.45, 2.75) is 46.8 Å². The molecule has 0 rings (SSSR count). The fraction of sp³-hybridized carbons (Fsp3) is 0.755. The highest BCUT2D eigenvalue weighted by Crippen LogP contribution is 2.25. The fourth-order valence-electron chi connectivity index (χ4n) is 4.80. The summed E-state index contributed by atoms with van der Waals surface area (Å²) in [7, 11) is 0. The molecule has 0 bridgehead atoms. The fourth-order valence-corrected chi connectivity index (χ4v) is 11.3. The van der Waals surface area contributed by atoms with Crippen molar-refractivity contribution in [2.75, 3.05) is 171 Å². The Balaban J connectivity index is 4.56. The Labute approximate surface area is 449 Å². The van der Waals surface area contributed by atoms with Crippen LogP contribution in [0.2, 0.25) is 0 Å². The second kappa shape index (κ2) is 48.2. The highest BCUT2D eigenvalue weighted by atomic mass is 32.2. The van der Waals surface area contributed by atoms with Gasteiger partial charge in [0.2, 0.25) is 0 Å². The smallest absolute Gasteiger partial charge is 0.333 e. The lowest BCUT2D eigenvalue weighted by molar-refractivity contribution is -0.149. The number of hydrogen-bond donors (Lipinski definition) is 0. The maximum Gasteiger partial charge on any atom is 0.333 e. The monoisotopic (exact) mass is 1120 g/mol. The van der Waals surface area contributed by atoms with Crippen molar-refractivity contribution in [1.82, 2.24) is 0 Å². The van der Waals surface area contributed by atoms with Crippen LogP contribution in [0.15, 0.2) is 36.5 Å². The molecule has 23 heteroatoms. The molecule has 72 heavy (non-hydrogen) atoms. The third-order valence-corrected chi connectivity index (χ3v) is 16.0. The lowest BCUT2D eigenvalue weighted by Gasteiger charge is -2.18. The van der Waals surface area contributed by atoms with E-state index in [4.69, 9.17) is 56.8 Å². The van der Waals surface area contributed by atoms with Gasteiger partial charge in [-0.2, -0.15) is 58.8 Å². The summed E-state index contributed by atoms with van der Waals surface area (Å²) in [6.45, 7) is 25.2. The van der Waals surface area contributed by atoms with Gasteiger partial charge in [-0.1, -0.05) is 40.5 Å². The van der Waals surface area contributed by atoms with Gasteiger partial charge >= 0.3 is 35.8 Å². The van der Waals surface area contributed by atoms with E-state index in [1.54, 1.807) is 56.1 Å². The Kier molecular flexibility index (Phi) is 46.6. The van der Waals surface area contributed by atoms with E-state index in [1.807, 2.05) is 44.3 Å². The zero-order chi connectivity index (χ0) is 53.6. The highest BCUT2D eigenvalue weighted by molar-refractivity contribution is 8.06. The lowest BCUT2D eigenvalue weighted by atomic mass is 10.2. The van der Waals surface area contributed by atoms with E-state index in [9.17, 15) is 28.8 Å². The molecule has 4 atom stereocenters. The van der Waals surface area contributed by atoms with E-state index in [0.717, 1.165) is 34.5 Å². The minimum atomic E-state index is -0.456. The number of rotatable bonds is 50. The summed E-state index contributed by atoms with van der Waals surface area (Å²) in [6, 6.07) is 0. The van der Waals surface area contributed by atoms with Gasteiger partial charge in [-0.15, -0.1) is 0 Å². The minimum absolute atomic E-state index is 0.134. The third kappa shape index (κ3) is 42.9. The van der Waals surface area contributed by atoms with Gasteiger partial charge in [0.1, 0.15) is 39.6 Å². The normalized spacial score (nSPS) is 12.8. The largest absolute Gasteiger partial charge is 0.463 e. The van der Waals surface area contributed by atoms with Gasteiger partial charge < -0.3 is 56.8 Å². The SMILES string of the molecule is C=C(C)C(=O)OCCOCCOCCOC(=O)C(C)CSCCSCC(CSCC(C)C(=O)OCCOCCOCCOC(=O)C(=C)C)SCCSCC(C)C(=O)OCCOCCOCCOC(=O)C(=C)C. The Bertz CT molecular complexity index is 1540. The summed E-state index contributed by atoms with van der Waals surface area (Å²) in [4.78, 5) is 71.8. The number of thioether (sulfide) groups is 5. The molecule has 0 aromatic heterocycles. The quantitative estimate of drug-likeness (QED) is 0.0295. The van der Waals surface area contributed by atoms with Crippen LogP contribution in [-0.2, 0) is 85.6 Å². The molecule has 0 aliphatic carbocycles. The summed E-state index contributed by atoms with van der Waals surface area (Å²) in [6.07, 6.45) is 0. The molecule has 0 fully saturated rings. The average molecular weight is 1120 g/mol. The van der Waals surface area contributed by atoms with E-state index >= 15 is 0 Å². The summed E-state index contributed by atoms with van der Waals surface area (Å²) in [5.74, 6) is 4.27. The van der Waals surface area contributed by atoms with Gasteiger partial charge in [-0.05, 0) is 20.8 Å². The van der Waals surface area contributed by atoms with Crippen molar-refractivity contribution in [1.29, 1.82) is 0 Å². The van der Waals surface area contributed by atoms with Crippen LogP contribution >= 0.6 is 58.8 Å². The van der Waals surface area contributed by atoms with Crippen molar-refractivity contribution in [3.8, 4) is 0 Å². The molecule has 0 heterocycles. The van der Waals surface area contributed by atoms with Crippen molar-refractivity contribution in [3.63, 3.8) is 0 Å². The van der Waals surface area contributed by atoms with Crippen molar-refractivity contribution >= 4 is 94.6 Å². The van der Waals surface area contributed by atoms with Gasteiger partial charge in [0.05, 0.1) is 97.0 Å². The summed E-state index contributed by atoms with van der Waals surface area (Å²) >= 11 is 8.91. The Morgan fingerprint density at radius 2 is 0.569 bits per heavy atom. The Hall–Kier alpha value is -2.45. The molecule has 0 aromatic rings. The highest BCUT2D eigenvalue weighted by Gasteiger charge is 2.19. The van der Waals surface area contributed by atoms with Crippen LogP contribution in [0.1, 0.15) is 41.5 Å². The molecule has 0 aliphatic heterocycles. The molecule has 416 valence electrons. The van der Waals surface area contributed by atoms with Crippen LogP contribution in [0.3, 0.4) is 0 Å². The molecule has 0 aromatic carbocycles. The van der Waals surface area contributed by atoms with Crippen LogP contribution < -0.4 is 0 Å². The molecular formula is C49H82O18S5. The summed E-state index contributed by atoms with van der Waals surface area (Å²) in [5, 5.41) is 0.337. The molecule has 0 saturated carbocycles. The van der Waals surface area contributed by atoms with Gasteiger partial charge in [-0.3, -0.25) is 14.4 Å². The molecule has 0 amide bonds. The van der Waals surface area contributed by atoms with Crippen molar-refractivity contribution in [2.24, 2.45) is 17.8 Å². The lowest BCUT2D eigenvalue weighted by Crippen LogP contribution is -2.21. The first kappa shape index (κ1) is 69.5. The first-order chi connectivity index (χ1) is 34.6. The van der Waals surface area contributed by atoms with Crippen LogP contribution in [0.25, 0.3) is 0 Å². The number of esters is 6. The van der Waals surface area contributed by atoms with E-state index in [2.05, 4.69) is 19.7 Å². The Morgan fingerprint density at radius 3 is 0.875 bits per heavy atom.